The molecule has 0 aromatic heterocycles. The molecular weight excluding hydrogens is 274 g/mol. The van der Waals surface area contributed by atoms with Crippen LogP contribution in [0.15, 0.2) is 18.2 Å². The molecule has 0 spiro atoms. The predicted octanol–water partition coefficient (Wildman–Crippen LogP) is 3.97. The van der Waals surface area contributed by atoms with Gasteiger partial charge in [0.15, 0.2) is 0 Å². The maximum absolute atomic E-state index is 9.69. The number of likely N-dealkylation sites (tertiary alicyclic amines) is 1. The highest BCUT2D eigenvalue weighted by Crippen LogP contribution is 2.36. The van der Waals surface area contributed by atoms with Gasteiger partial charge in [0, 0.05) is 12.6 Å². The molecule has 0 bridgehead atoms. The van der Waals surface area contributed by atoms with Gasteiger partial charge in [-0.05, 0) is 61.9 Å². The van der Waals surface area contributed by atoms with Crippen LogP contribution in [0.25, 0.3) is 0 Å². The Morgan fingerprint density at radius 1 is 1.18 bits per heavy atom. The fourth-order valence-corrected chi connectivity index (χ4v) is 3.51. The first-order chi connectivity index (χ1) is 10.6. The lowest BCUT2D eigenvalue weighted by Crippen LogP contribution is -2.32. The number of hydrogen-bond donors (Lipinski definition) is 1. The van der Waals surface area contributed by atoms with Gasteiger partial charge in [-0.3, -0.25) is 4.90 Å². The van der Waals surface area contributed by atoms with Crippen LogP contribution in [0.2, 0.25) is 0 Å². The Hall–Kier alpha value is -1.06. The number of rotatable bonds is 7. The molecule has 0 aliphatic carbocycles. The van der Waals surface area contributed by atoms with Gasteiger partial charge < -0.3 is 9.84 Å². The summed E-state index contributed by atoms with van der Waals surface area (Å²) in [6.07, 6.45) is 2.53. The van der Waals surface area contributed by atoms with Gasteiger partial charge in [0.1, 0.15) is 5.75 Å². The summed E-state index contributed by atoms with van der Waals surface area (Å²) >= 11 is 0. The summed E-state index contributed by atoms with van der Waals surface area (Å²) < 4.78 is 5.78. The Morgan fingerprint density at radius 3 is 2.41 bits per heavy atom. The van der Waals surface area contributed by atoms with Crippen molar-refractivity contribution in [3.05, 3.63) is 29.3 Å². The van der Waals surface area contributed by atoms with Crippen LogP contribution in [-0.2, 0) is 0 Å². The molecule has 1 aliphatic rings. The minimum absolute atomic E-state index is 0.228. The minimum Gasteiger partial charge on any atom is -0.494 e. The molecule has 1 heterocycles. The minimum atomic E-state index is 0.228. The van der Waals surface area contributed by atoms with Crippen LogP contribution >= 0.6 is 0 Å². The topological polar surface area (TPSA) is 32.7 Å². The molecule has 1 N–H and O–H groups in total. The highest BCUT2D eigenvalue weighted by molar-refractivity contribution is 5.40. The predicted molar refractivity (Wildman–Crippen MR) is 91.5 cm³/mol. The van der Waals surface area contributed by atoms with E-state index in [-0.39, 0.29) is 12.5 Å². The van der Waals surface area contributed by atoms with E-state index in [4.69, 9.17) is 4.74 Å². The van der Waals surface area contributed by atoms with E-state index in [1.54, 1.807) is 0 Å². The van der Waals surface area contributed by atoms with Gasteiger partial charge in [-0.2, -0.15) is 0 Å². The van der Waals surface area contributed by atoms with Crippen LogP contribution < -0.4 is 4.74 Å². The second kappa shape index (κ2) is 7.98. The van der Waals surface area contributed by atoms with E-state index in [0.717, 1.165) is 18.8 Å². The van der Waals surface area contributed by atoms with Crippen molar-refractivity contribution in [2.75, 3.05) is 26.3 Å². The van der Waals surface area contributed by atoms with Gasteiger partial charge in [-0.25, -0.2) is 0 Å². The molecule has 3 nitrogen and oxygen atoms in total. The lowest BCUT2D eigenvalue weighted by molar-refractivity contribution is 0.126. The fraction of sp³-hybridized carbons (Fsp3) is 0.684. The molecule has 1 aromatic rings. The van der Waals surface area contributed by atoms with E-state index in [9.17, 15) is 5.11 Å². The Kier molecular flexibility index (Phi) is 6.27. The molecular formula is C19H31NO2. The third-order valence-corrected chi connectivity index (χ3v) is 4.66. The third kappa shape index (κ3) is 3.82. The summed E-state index contributed by atoms with van der Waals surface area (Å²) in [6, 6.07) is 6.90. The van der Waals surface area contributed by atoms with Crippen LogP contribution in [0.3, 0.4) is 0 Å². The Balaban J connectivity index is 2.36. The molecule has 0 amide bonds. The van der Waals surface area contributed by atoms with Crippen molar-refractivity contribution < 1.29 is 9.84 Å². The van der Waals surface area contributed by atoms with Gasteiger partial charge in [0.05, 0.1) is 6.61 Å². The summed E-state index contributed by atoms with van der Waals surface area (Å²) in [4.78, 5) is 2.53. The van der Waals surface area contributed by atoms with Crippen molar-refractivity contribution in [3.8, 4) is 5.75 Å². The zero-order valence-corrected chi connectivity index (χ0v) is 14.5. The monoisotopic (exact) mass is 305 g/mol. The van der Waals surface area contributed by atoms with Gasteiger partial charge in [0.2, 0.25) is 0 Å². The van der Waals surface area contributed by atoms with Crippen molar-refractivity contribution in [1.29, 1.82) is 0 Å². The molecule has 3 heteroatoms. The van der Waals surface area contributed by atoms with E-state index >= 15 is 0 Å². The number of benzene rings is 1. The first-order valence-electron chi connectivity index (χ1n) is 8.70. The highest BCUT2D eigenvalue weighted by Gasteiger charge is 2.28. The SMILES string of the molecule is CCOc1ccc(C(C(C)CO)N2CCCC2)cc1C(C)C. The molecule has 124 valence electrons. The Morgan fingerprint density at radius 2 is 1.86 bits per heavy atom. The first-order valence-corrected chi connectivity index (χ1v) is 8.70. The highest BCUT2D eigenvalue weighted by atomic mass is 16.5. The fourth-order valence-electron chi connectivity index (χ4n) is 3.51. The van der Waals surface area contributed by atoms with Crippen LogP contribution in [0.4, 0.5) is 0 Å². The summed E-state index contributed by atoms with van der Waals surface area (Å²) in [5.74, 6) is 1.68. The average molecular weight is 305 g/mol. The Bertz CT molecular complexity index is 467. The zero-order chi connectivity index (χ0) is 16.1. The molecule has 0 radical (unpaired) electrons. The first kappa shape index (κ1) is 17.3. The molecule has 1 saturated heterocycles. The second-order valence-electron chi connectivity index (χ2n) is 6.73. The summed E-state index contributed by atoms with van der Waals surface area (Å²) in [7, 11) is 0. The van der Waals surface area contributed by atoms with Gasteiger partial charge in [0.25, 0.3) is 0 Å². The van der Waals surface area contributed by atoms with Crippen LogP contribution in [-0.4, -0.2) is 36.3 Å². The van der Waals surface area contributed by atoms with E-state index < -0.39 is 0 Å². The van der Waals surface area contributed by atoms with E-state index in [1.165, 1.54) is 24.0 Å². The quantitative estimate of drug-likeness (QED) is 0.827. The Labute approximate surface area is 135 Å². The molecule has 0 saturated carbocycles. The molecule has 22 heavy (non-hydrogen) atoms. The lowest BCUT2D eigenvalue weighted by atomic mass is 9.90. The van der Waals surface area contributed by atoms with Gasteiger partial charge >= 0.3 is 0 Å². The molecule has 1 aromatic carbocycles. The molecule has 1 aliphatic heterocycles. The molecule has 2 rings (SSSR count). The number of nitrogens with zero attached hydrogens (tertiary/aromatic N) is 1. The average Bonchev–Trinajstić information content (AvgIpc) is 3.02. The van der Waals surface area contributed by atoms with Gasteiger partial charge in [-0.1, -0.05) is 32.9 Å². The molecule has 2 atom stereocenters. The number of hydrogen-bond acceptors (Lipinski definition) is 3. The second-order valence-corrected chi connectivity index (χ2v) is 6.73. The smallest absolute Gasteiger partial charge is 0.122 e. The van der Waals surface area contributed by atoms with Crippen molar-refractivity contribution >= 4 is 0 Å². The third-order valence-electron chi connectivity index (χ3n) is 4.66. The van der Waals surface area contributed by atoms with Crippen molar-refractivity contribution in [1.82, 2.24) is 4.90 Å². The van der Waals surface area contributed by atoms with Crippen molar-refractivity contribution in [3.63, 3.8) is 0 Å². The summed E-state index contributed by atoms with van der Waals surface area (Å²) in [6.45, 7) is 11.8. The summed E-state index contributed by atoms with van der Waals surface area (Å²) in [5, 5.41) is 9.69. The van der Waals surface area contributed by atoms with Crippen LogP contribution in [0.1, 0.15) is 63.6 Å². The normalized spacial score (nSPS) is 18.6. The maximum atomic E-state index is 9.69. The van der Waals surface area contributed by atoms with Gasteiger partial charge in [-0.15, -0.1) is 0 Å². The van der Waals surface area contributed by atoms with Crippen LogP contribution in [0.5, 0.6) is 5.75 Å². The lowest BCUT2D eigenvalue weighted by Gasteiger charge is -2.33. The zero-order valence-electron chi connectivity index (χ0n) is 14.5. The van der Waals surface area contributed by atoms with E-state index in [2.05, 4.69) is 43.9 Å². The van der Waals surface area contributed by atoms with Crippen molar-refractivity contribution in [2.45, 2.75) is 52.5 Å². The number of aliphatic hydroxyl groups is 1. The number of ether oxygens (including phenoxy) is 1. The summed E-state index contributed by atoms with van der Waals surface area (Å²) in [5.41, 5.74) is 2.59. The maximum Gasteiger partial charge on any atom is 0.122 e. The molecule has 2 unspecified atom stereocenters. The largest absolute Gasteiger partial charge is 0.494 e. The van der Waals surface area contributed by atoms with E-state index in [1.807, 2.05) is 6.92 Å². The van der Waals surface area contributed by atoms with E-state index in [0.29, 0.717) is 18.6 Å². The van der Waals surface area contributed by atoms with Crippen molar-refractivity contribution in [2.24, 2.45) is 5.92 Å². The standard InChI is InChI=1S/C19H31NO2/c1-5-22-18-9-8-16(12-17(18)14(2)3)19(15(4)13-21)20-10-6-7-11-20/h8-9,12,14-15,19,21H,5-7,10-11,13H2,1-4H3. The number of aliphatic hydroxyl groups excluding tert-OH is 1. The van der Waals surface area contributed by atoms with Crippen LogP contribution in [0, 0.1) is 5.92 Å². The molecule has 1 fully saturated rings.